The number of likely N-dealkylation sites (N-methyl/N-ethyl adjacent to an activating group) is 1. The van der Waals surface area contributed by atoms with Crippen LogP contribution in [0.3, 0.4) is 0 Å². The number of nitrogens with one attached hydrogen (secondary N) is 1. The van der Waals surface area contributed by atoms with E-state index in [2.05, 4.69) is 21.4 Å². The first-order valence-corrected chi connectivity index (χ1v) is 10.7. The second-order valence-corrected chi connectivity index (χ2v) is 8.32. The molecular formula is C18H31N3O3S. The molecule has 0 spiro atoms. The van der Waals surface area contributed by atoms with Crippen molar-refractivity contribution in [3.8, 4) is 5.75 Å². The van der Waals surface area contributed by atoms with Crippen LogP contribution in [0.4, 0.5) is 0 Å². The van der Waals surface area contributed by atoms with Gasteiger partial charge in [0.25, 0.3) is 0 Å². The highest BCUT2D eigenvalue weighted by molar-refractivity contribution is 7.89. The molecule has 0 aromatic heterocycles. The monoisotopic (exact) mass is 369 g/mol. The van der Waals surface area contributed by atoms with Crippen molar-refractivity contribution in [1.82, 2.24) is 14.5 Å². The van der Waals surface area contributed by atoms with Crippen molar-refractivity contribution in [3.05, 3.63) is 29.8 Å². The Bertz CT molecular complexity index is 628. The molecular weight excluding hydrogens is 338 g/mol. The molecule has 0 bridgehead atoms. The van der Waals surface area contributed by atoms with Crippen LogP contribution >= 0.6 is 0 Å². The molecule has 1 saturated heterocycles. The van der Waals surface area contributed by atoms with E-state index in [0.717, 1.165) is 44.0 Å². The van der Waals surface area contributed by atoms with Crippen LogP contribution in [0.2, 0.25) is 0 Å². The van der Waals surface area contributed by atoms with E-state index in [1.165, 1.54) is 0 Å². The predicted octanol–water partition coefficient (Wildman–Crippen LogP) is 1.70. The van der Waals surface area contributed by atoms with Crippen molar-refractivity contribution in [2.75, 3.05) is 52.1 Å². The van der Waals surface area contributed by atoms with Crippen molar-refractivity contribution in [2.45, 2.75) is 26.3 Å². The molecule has 0 saturated carbocycles. The van der Waals surface area contributed by atoms with E-state index in [1.807, 2.05) is 31.2 Å². The van der Waals surface area contributed by atoms with Gasteiger partial charge in [-0.15, -0.1) is 0 Å². The number of rotatable bonds is 9. The number of para-hydroxylation sites is 1. The third-order valence-electron chi connectivity index (χ3n) is 4.76. The Morgan fingerprint density at radius 2 is 1.84 bits per heavy atom. The first-order valence-electron chi connectivity index (χ1n) is 9.07. The van der Waals surface area contributed by atoms with Gasteiger partial charge in [0.2, 0.25) is 10.0 Å². The summed E-state index contributed by atoms with van der Waals surface area (Å²) in [5.41, 5.74) is 1.04. The number of sulfonamides is 1. The Kier molecular flexibility index (Phi) is 7.68. The van der Waals surface area contributed by atoms with Crippen molar-refractivity contribution < 1.29 is 13.2 Å². The summed E-state index contributed by atoms with van der Waals surface area (Å²) in [6.45, 7) is 9.32. The molecule has 0 radical (unpaired) electrons. The van der Waals surface area contributed by atoms with Gasteiger partial charge in [-0.1, -0.05) is 32.0 Å². The number of methoxy groups -OCH3 is 1. The summed E-state index contributed by atoms with van der Waals surface area (Å²) in [7, 11) is -1.58. The molecule has 2 rings (SSSR count). The maximum Gasteiger partial charge on any atom is 0.211 e. The lowest BCUT2D eigenvalue weighted by Gasteiger charge is -2.39. The number of nitrogens with zero attached hydrogens (tertiary/aromatic N) is 2. The Morgan fingerprint density at radius 1 is 1.16 bits per heavy atom. The molecule has 1 aliphatic heterocycles. The smallest absolute Gasteiger partial charge is 0.211 e. The molecule has 1 N–H and O–H groups in total. The lowest BCUT2D eigenvalue weighted by molar-refractivity contribution is 0.0993. The summed E-state index contributed by atoms with van der Waals surface area (Å²) in [6, 6.07) is 7.86. The molecule has 1 aliphatic rings. The Labute approximate surface area is 152 Å². The molecule has 142 valence electrons. The standard InChI is InChI=1S/C18H31N3O3S/c1-4-14-25(22,23)19-15-17(16-8-6-7-9-18(16)24-3)21-12-10-20(5-2)11-13-21/h6-9,17,19H,4-5,10-15H2,1-3H3. The number of piperazine rings is 1. The maximum atomic E-state index is 12.1. The average Bonchev–Trinajstić information content (AvgIpc) is 2.62. The minimum Gasteiger partial charge on any atom is -0.496 e. The zero-order valence-corrected chi connectivity index (χ0v) is 16.4. The summed E-state index contributed by atoms with van der Waals surface area (Å²) < 4.78 is 32.6. The van der Waals surface area contributed by atoms with Crippen LogP contribution in [0.15, 0.2) is 24.3 Å². The maximum absolute atomic E-state index is 12.1. The summed E-state index contributed by atoms with van der Waals surface area (Å²) >= 11 is 0. The van der Waals surface area contributed by atoms with E-state index in [0.29, 0.717) is 13.0 Å². The first kappa shape index (κ1) is 20.2. The van der Waals surface area contributed by atoms with Crippen LogP contribution in [0, 0.1) is 0 Å². The van der Waals surface area contributed by atoms with E-state index in [-0.39, 0.29) is 11.8 Å². The van der Waals surface area contributed by atoms with Crippen LogP contribution in [-0.2, 0) is 10.0 Å². The largest absolute Gasteiger partial charge is 0.496 e. The van der Waals surface area contributed by atoms with Crippen molar-refractivity contribution in [1.29, 1.82) is 0 Å². The van der Waals surface area contributed by atoms with Gasteiger partial charge in [-0.25, -0.2) is 13.1 Å². The van der Waals surface area contributed by atoms with Gasteiger partial charge >= 0.3 is 0 Å². The lowest BCUT2D eigenvalue weighted by Crippen LogP contribution is -2.49. The number of benzene rings is 1. The first-order chi connectivity index (χ1) is 12.0. The van der Waals surface area contributed by atoms with Gasteiger partial charge in [-0.05, 0) is 19.0 Å². The van der Waals surface area contributed by atoms with Gasteiger partial charge in [0.1, 0.15) is 5.75 Å². The zero-order valence-electron chi connectivity index (χ0n) is 15.6. The third-order valence-corrected chi connectivity index (χ3v) is 6.31. The molecule has 1 aromatic carbocycles. The second-order valence-electron chi connectivity index (χ2n) is 6.40. The fourth-order valence-electron chi connectivity index (χ4n) is 3.32. The summed E-state index contributed by atoms with van der Waals surface area (Å²) in [5.74, 6) is 0.968. The van der Waals surface area contributed by atoms with Gasteiger partial charge in [-0.3, -0.25) is 4.90 Å². The number of hydrogen-bond donors (Lipinski definition) is 1. The van der Waals surface area contributed by atoms with Gasteiger partial charge in [0.05, 0.1) is 18.9 Å². The highest BCUT2D eigenvalue weighted by atomic mass is 32.2. The minimum atomic E-state index is -3.24. The van der Waals surface area contributed by atoms with Gasteiger partial charge < -0.3 is 9.64 Å². The summed E-state index contributed by atoms with van der Waals surface area (Å²) in [4.78, 5) is 4.77. The van der Waals surface area contributed by atoms with E-state index in [9.17, 15) is 8.42 Å². The summed E-state index contributed by atoms with van der Waals surface area (Å²) in [6.07, 6.45) is 0.615. The van der Waals surface area contributed by atoms with Crippen LogP contribution in [0.1, 0.15) is 31.9 Å². The Balaban J connectivity index is 2.19. The SMILES string of the molecule is CCCS(=O)(=O)NCC(c1ccccc1OC)N1CCN(CC)CC1. The molecule has 1 unspecified atom stereocenters. The fraction of sp³-hybridized carbons (Fsp3) is 0.667. The second kappa shape index (κ2) is 9.52. The molecule has 1 aromatic rings. The molecule has 7 heteroatoms. The number of ether oxygens (including phenoxy) is 1. The molecule has 1 heterocycles. The normalized spacial score (nSPS) is 18.2. The Hall–Kier alpha value is -1.15. The van der Waals surface area contributed by atoms with E-state index in [4.69, 9.17) is 4.74 Å². The highest BCUT2D eigenvalue weighted by Gasteiger charge is 2.27. The predicted molar refractivity (Wildman–Crippen MR) is 102 cm³/mol. The molecule has 25 heavy (non-hydrogen) atoms. The summed E-state index contributed by atoms with van der Waals surface area (Å²) in [5, 5.41) is 0. The van der Waals surface area contributed by atoms with Crippen molar-refractivity contribution in [3.63, 3.8) is 0 Å². The molecule has 6 nitrogen and oxygen atoms in total. The highest BCUT2D eigenvalue weighted by Crippen LogP contribution is 2.29. The third kappa shape index (κ3) is 5.67. The Morgan fingerprint density at radius 3 is 2.44 bits per heavy atom. The van der Waals surface area contributed by atoms with Crippen molar-refractivity contribution >= 4 is 10.0 Å². The van der Waals surface area contributed by atoms with Crippen LogP contribution in [0.5, 0.6) is 5.75 Å². The van der Waals surface area contributed by atoms with E-state index >= 15 is 0 Å². The average molecular weight is 370 g/mol. The molecule has 1 fully saturated rings. The van der Waals surface area contributed by atoms with E-state index in [1.54, 1.807) is 7.11 Å². The minimum absolute atomic E-state index is 0.0261. The molecule has 0 amide bonds. The lowest BCUT2D eigenvalue weighted by atomic mass is 10.0. The molecule has 1 atom stereocenters. The van der Waals surface area contributed by atoms with Crippen LogP contribution < -0.4 is 9.46 Å². The number of hydrogen-bond acceptors (Lipinski definition) is 5. The topological polar surface area (TPSA) is 61.9 Å². The van der Waals surface area contributed by atoms with Crippen LogP contribution in [0.25, 0.3) is 0 Å². The zero-order chi connectivity index (χ0) is 18.3. The quantitative estimate of drug-likeness (QED) is 0.718. The van der Waals surface area contributed by atoms with Gasteiger partial charge in [0, 0.05) is 38.3 Å². The van der Waals surface area contributed by atoms with Gasteiger partial charge in [-0.2, -0.15) is 0 Å². The van der Waals surface area contributed by atoms with Crippen LogP contribution in [-0.4, -0.2) is 70.3 Å². The van der Waals surface area contributed by atoms with E-state index < -0.39 is 10.0 Å². The molecule has 0 aliphatic carbocycles. The fourth-order valence-corrected chi connectivity index (χ4v) is 4.41. The van der Waals surface area contributed by atoms with Gasteiger partial charge in [0.15, 0.2) is 0 Å². The van der Waals surface area contributed by atoms with Crippen molar-refractivity contribution in [2.24, 2.45) is 0 Å².